The molecule has 1 fully saturated rings. The average Bonchev–Trinajstić information content (AvgIpc) is 2.35. The van der Waals surface area contributed by atoms with Crippen molar-refractivity contribution in [1.29, 1.82) is 0 Å². The Bertz CT molecular complexity index is 241. The van der Waals surface area contributed by atoms with Gasteiger partial charge in [-0.2, -0.15) is 11.8 Å². The van der Waals surface area contributed by atoms with E-state index in [9.17, 15) is 0 Å². The van der Waals surface area contributed by atoms with E-state index in [1.165, 1.54) is 25.3 Å². The number of hydrogen-bond donors (Lipinski definition) is 1. The Morgan fingerprint density at radius 3 is 2.75 bits per heavy atom. The van der Waals surface area contributed by atoms with Gasteiger partial charge in [0.05, 0.1) is 4.99 Å². The summed E-state index contributed by atoms with van der Waals surface area (Å²) in [6, 6.07) is 0.548. The van der Waals surface area contributed by atoms with Crippen LogP contribution in [0.15, 0.2) is 0 Å². The summed E-state index contributed by atoms with van der Waals surface area (Å²) >= 11 is 7.12. The van der Waals surface area contributed by atoms with E-state index in [0.29, 0.717) is 15.8 Å². The molecule has 1 unspecified atom stereocenters. The lowest BCUT2D eigenvalue weighted by molar-refractivity contribution is 0.204. The van der Waals surface area contributed by atoms with Crippen molar-refractivity contribution >= 4 is 29.0 Å². The lowest BCUT2D eigenvalue weighted by Gasteiger charge is -2.30. The third-order valence-corrected chi connectivity index (χ3v) is 4.84. The van der Waals surface area contributed by atoms with Gasteiger partial charge in [-0.15, -0.1) is 0 Å². The van der Waals surface area contributed by atoms with Gasteiger partial charge in [-0.1, -0.05) is 33.0 Å². The summed E-state index contributed by atoms with van der Waals surface area (Å²) in [5, 5.41) is 0. The zero-order chi connectivity index (χ0) is 12.2. The largest absolute Gasteiger partial charge is 0.393 e. The minimum absolute atomic E-state index is 0.427. The highest BCUT2D eigenvalue weighted by molar-refractivity contribution is 8.00. The Kier molecular flexibility index (Phi) is 5.54. The lowest BCUT2D eigenvalue weighted by atomic mass is 10.1. The molecular formula is C12H24N2S2. The van der Waals surface area contributed by atoms with Gasteiger partial charge in [-0.25, -0.2) is 0 Å². The van der Waals surface area contributed by atoms with Gasteiger partial charge in [0.15, 0.2) is 0 Å². The minimum Gasteiger partial charge on any atom is -0.393 e. The summed E-state index contributed by atoms with van der Waals surface area (Å²) < 4.78 is 0.427. The molecule has 0 radical (unpaired) electrons. The van der Waals surface area contributed by atoms with E-state index in [1.807, 2.05) is 0 Å². The molecule has 1 aliphatic rings. The number of rotatable bonds is 4. The van der Waals surface area contributed by atoms with Crippen LogP contribution in [0, 0.1) is 0 Å². The molecule has 0 spiro atoms. The Morgan fingerprint density at radius 2 is 2.19 bits per heavy atom. The lowest BCUT2D eigenvalue weighted by Crippen LogP contribution is -2.39. The predicted molar refractivity (Wildman–Crippen MR) is 78.2 cm³/mol. The number of thiocarbonyl (C=S) groups is 1. The van der Waals surface area contributed by atoms with Gasteiger partial charge < -0.3 is 5.73 Å². The SMILES string of the molecule is CCC(CC(N)=S)N1CCSC(C)(C)CC1. The second-order valence-electron chi connectivity index (χ2n) is 5.13. The van der Waals surface area contributed by atoms with Gasteiger partial charge in [0.2, 0.25) is 0 Å². The van der Waals surface area contributed by atoms with E-state index in [4.69, 9.17) is 18.0 Å². The van der Waals surface area contributed by atoms with Crippen LogP contribution in [0.3, 0.4) is 0 Å². The molecular weight excluding hydrogens is 236 g/mol. The third-order valence-electron chi connectivity index (χ3n) is 3.30. The van der Waals surface area contributed by atoms with E-state index in [-0.39, 0.29) is 0 Å². The molecule has 0 saturated carbocycles. The van der Waals surface area contributed by atoms with Crippen LogP contribution >= 0.6 is 24.0 Å². The van der Waals surface area contributed by atoms with E-state index in [0.717, 1.165) is 12.8 Å². The van der Waals surface area contributed by atoms with Crippen LogP contribution in [-0.2, 0) is 0 Å². The summed E-state index contributed by atoms with van der Waals surface area (Å²) in [5.74, 6) is 1.22. The molecule has 4 heteroatoms. The molecule has 0 amide bonds. The quantitative estimate of drug-likeness (QED) is 0.787. The van der Waals surface area contributed by atoms with E-state index in [2.05, 4.69) is 37.4 Å². The first-order chi connectivity index (χ1) is 7.44. The first-order valence-electron chi connectivity index (χ1n) is 6.11. The number of hydrogen-bond acceptors (Lipinski definition) is 3. The Hall–Kier alpha value is 0.200. The van der Waals surface area contributed by atoms with Crippen molar-refractivity contribution in [1.82, 2.24) is 4.90 Å². The van der Waals surface area contributed by atoms with Crippen molar-refractivity contribution in [2.75, 3.05) is 18.8 Å². The molecule has 2 nitrogen and oxygen atoms in total. The number of nitrogens with zero attached hydrogens (tertiary/aromatic N) is 1. The molecule has 0 aliphatic carbocycles. The highest BCUT2D eigenvalue weighted by atomic mass is 32.2. The van der Waals surface area contributed by atoms with Gasteiger partial charge >= 0.3 is 0 Å². The minimum atomic E-state index is 0.427. The molecule has 1 aliphatic heterocycles. The van der Waals surface area contributed by atoms with Crippen molar-refractivity contribution in [2.45, 2.75) is 50.8 Å². The fraction of sp³-hybridized carbons (Fsp3) is 0.917. The van der Waals surface area contributed by atoms with Crippen LogP contribution in [0.2, 0.25) is 0 Å². The molecule has 0 aromatic rings. The maximum absolute atomic E-state index is 5.67. The third kappa shape index (κ3) is 4.60. The summed E-state index contributed by atoms with van der Waals surface area (Å²) in [6.45, 7) is 9.27. The fourth-order valence-corrected chi connectivity index (χ4v) is 3.47. The van der Waals surface area contributed by atoms with Crippen molar-refractivity contribution in [3.8, 4) is 0 Å². The average molecular weight is 260 g/mol. The maximum Gasteiger partial charge on any atom is 0.0743 e. The summed E-state index contributed by atoms with van der Waals surface area (Å²) in [5.41, 5.74) is 5.67. The first kappa shape index (κ1) is 14.3. The van der Waals surface area contributed by atoms with Crippen molar-refractivity contribution in [2.24, 2.45) is 5.73 Å². The van der Waals surface area contributed by atoms with Crippen LogP contribution in [0.4, 0.5) is 0 Å². The van der Waals surface area contributed by atoms with E-state index in [1.54, 1.807) is 0 Å². The number of thioether (sulfide) groups is 1. The van der Waals surface area contributed by atoms with E-state index >= 15 is 0 Å². The first-order valence-corrected chi connectivity index (χ1v) is 7.50. The molecule has 94 valence electrons. The zero-order valence-electron chi connectivity index (χ0n) is 10.7. The summed E-state index contributed by atoms with van der Waals surface area (Å²) in [6.07, 6.45) is 3.27. The molecule has 0 bridgehead atoms. The monoisotopic (exact) mass is 260 g/mol. The molecule has 0 aromatic carbocycles. The standard InChI is InChI=1S/C12H24N2S2/c1-4-10(9-11(13)15)14-6-5-12(2,3)16-8-7-14/h10H,4-9H2,1-3H3,(H2,13,15). The summed E-state index contributed by atoms with van der Waals surface area (Å²) in [4.78, 5) is 3.23. The highest BCUT2D eigenvalue weighted by Crippen LogP contribution is 2.31. The Balaban J connectivity index is 2.54. The Labute approximate surface area is 109 Å². The second kappa shape index (κ2) is 6.22. The molecule has 0 aromatic heterocycles. The Morgan fingerprint density at radius 1 is 1.50 bits per heavy atom. The topological polar surface area (TPSA) is 29.3 Å². The smallest absolute Gasteiger partial charge is 0.0743 e. The van der Waals surface area contributed by atoms with E-state index < -0.39 is 0 Å². The molecule has 1 saturated heterocycles. The second-order valence-corrected chi connectivity index (χ2v) is 7.45. The van der Waals surface area contributed by atoms with Crippen LogP contribution in [0.25, 0.3) is 0 Å². The van der Waals surface area contributed by atoms with Crippen LogP contribution in [0.1, 0.15) is 40.0 Å². The van der Waals surface area contributed by atoms with Crippen LogP contribution in [-0.4, -0.2) is 39.5 Å². The summed E-state index contributed by atoms with van der Waals surface area (Å²) in [7, 11) is 0. The number of nitrogens with two attached hydrogens (primary N) is 1. The van der Waals surface area contributed by atoms with Crippen LogP contribution in [0.5, 0.6) is 0 Å². The van der Waals surface area contributed by atoms with Gasteiger partial charge in [-0.3, -0.25) is 4.90 Å². The zero-order valence-corrected chi connectivity index (χ0v) is 12.3. The fourth-order valence-electron chi connectivity index (χ4n) is 2.17. The highest BCUT2D eigenvalue weighted by Gasteiger charge is 2.26. The molecule has 1 atom stereocenters. The van der Waals surface area contributed by atoms with Gasteiger partial charge in [-0.05, 0) is 19.4 Å². The normalized spacial score (nSPS) is 23.7. The van der Waals surface area contributed by atoms with Gasteiger partial charge in [0, 0.05) is 29.5 Å². The van der Waals surface area contributed by atoms with Gasteiger partial charge in [0.1, 0.15) is 0 Å². The predicted octanol–water partition coefficient (Wildman–Crippen LogP) is 2.66. The van der Waals surface area contributed by atoms with Crippen molar-refractivity contribution < 1.29 is 0 Å². The maximum atomic E-state index is 5.67. The van der Waals surface area contributed by atoms with Crippen molar-refractivity contribution in [3.05, 3.63) is 0 Å². The van der Waals surface area contributed by atoms with Crippen molar-refractivity contribution in [3.63, 3.8) is 0 Å². The molecule has 1 heterocycles. The van der Waals surface area contributed by atoms with Crippen LogP contribution < -0.4 is 5.73 Å². The molecule has 2 N–H and O–H groups in total. The van der Waals surface area contributed by atoms with Gasteiger partial charge in [0.25, 0.3) is 0 Å². The molecule has 16 heavy (non-hydrogen) atoms. The molecule has 1 rings (SSSR count).